The molecule has 136 valence electrons. The standard InChI is InChI=1S/C19H29N5O/c1-22(11-17-7-3-2-4-8-17)13-19(25)14-23-10-6-5-9-18(23)12-24-16-20-15-21-24/h2-4,7-8,15-16,18-19,25H,5-6,9-14H2,1H3/t18-,19+/m1/s1. The fourth-order valence-corrected chi connectivity index (χ4v) is 3.70. The van der Waals surface area contributed by atoms with E-state index >= 15 is 0 Å². The van der Waals surface area contributed by atoms with Gasteiger partial charge in [-0.3, -0.25) is 14.5 Å². The maximum atomic E-state index is 10.6. The molecular weight excluding hydrogens is 314 g/mol. The predicted molar refractivity (Wildman–Crippen MR) is 98.0 cm³/mol. The van der Waals surface area contributed by atoms with Crippen molar-refractivity contribution in [2.24, 2.45) is 0 Å². The maximum Gasteiger partial charge on any atom is 0.137 e. The molecule has 0 amide bonds. The van der Waals surface area contributed by atoms with Crippen LogP contribution < -0.4 is 0 Å². The summed E-state index contributed by atoms with van der Waals surface area (Å²) in [6.45, 7) is 4.17. The van der Waals surface area contributed by atoms with Crippen molar-refractivity contribution in [2.45, 2.75) is 44.5 Å². The highest BCUT2D eigenvalue weighted by Crippen LogP contribution is 2.19. The van der Waals surface area contributed by atoms with E-state index in [1.54, 1.807) is 12.7 Å². The van der Waals surface area contributed by atoms with Gasteiger partial charge in [0.1, 0.15) is 12.7 Å². The summed E-state index contributed by atoms with van der Waals surface area (Å²) in [7, 11) is 2.07. The zero-order valence-corrected chi connectivity index (χ0v) is 15.0. The molecule has 0 radical (unpaired) electrons. The first kappa shape index (κ1) is 18.0. The van der Waals surface area contributed by atoms with Gasteiger partial charge in [0.15, 0.2) is 0 Å². The van der Waals surface area contributed by atoms with Gasteiger partial charge >= 0.3 is 0 Å². The molecule has 1 saturated heterocycles. The minimum absolute atomic E-state index is 0.343. The summed E-state index contributed by atoms with van der Waals surface area (Å²) in [6, 6.07) is 10.8. The van der Waals surface area contributed by atoms with Crippen LogP contribution in [0.25, 0.3) is 0 Å². The molecule has 1 aromatic carbocycles. The van der Waals surface area contributed by atoms with Gasteiger partial charge in [-0.2, -0.15) is 5.10 Å². The van der Waals surface area contributed by atoms with Crippen molar-refractivity contribution in [1.29, 1.82) is 0 Å². The SMILES string of the molecule is CN(Cc1ccccc1)C[C@H](O)CN1CCCC[C@@H]1Cn1cncn1. The molecule has 0 saturated carbocycles. The lowest BCUT2D eigenvalue weighted by molar-refractivity contribution is 0.0421. The number of piperidine rings is 1. The van der Waals surface area contributed by atoms with E-state index < -0.39 is 0 Å². The number of rotatable bonds is 8. The van der Waals surface area contributed by atoms with Gasteiger partial charge in [0.2, 0.25) is 0 Å². The first-order valence-corrected chi connectivity index (χ1v) is 9.17. The Bertz CT molecular complexity index is 604. The Morgan fingerprint density at radius 3 is 2.88 bits per heavy atom. The van der Waals surface area contributed by atoms with Gasteiger partial charge in [0.25, 0.3) is 0 Å². The number of aliphatic hydroxyl groups is 1. The summed E-state index contributed by atoms with van der Waals surface area (Å²) >= 11 is 0. The average Bonchev–Trinajstić information content (AvgIpc) is 3.10. The summed E-state index contributed by atoms with van der Waals surface area (Å²) in [5.41, 5.74) is 1.28. The Kier molecular flexibility index (Phi) is 6.55. The smallest absolute Gasteiger partial charge is 0.137 e. The predicted octanol–water partition coefficient (Wildman–Crippen LogP) is 1.63. The number of β-amino-alcohol motifs (C(OH)–C–C–N with tert-alkyl or cyclic N) is 1. The zero-order valence-electron chi connectivity index (χ0n) is 15.0. The van der Waals surface area contributed by atoms with E-state index in [1.165, 1.54) is 18.4 Å². The molecule has 1 aromatic heterocycles. The Hall–Kier alpha value is -1.76. The van der Waals surface area contributed by atoms with Crippen LogP contribution in [0, 0.1) is 0 Å². The summed E-state index contributed by atoms with van der Waals surface area (Å²) in [5.74, 6) is 0. The summed E-state index contributed by atoms with van der Waals surface area (Å²) in [6.07, 6.45) is 6.63. The third-order valence-electron chi connectivity index (χ3n) is 4.88. The molecule has 0 unspecified atom stereocenters. The Morgan fingerprint density at radius 1 is 1.28 bits per heavy atom. The number of aromatic nitrogens is 3. The molecule has 0 bridgehead atoms. The molecule has 3 rings (SSSR count). The van der Waals surface area contributed by atoms with Crippen LogP contribution in [-0.2, 0) is 13.1 Å². The van der Waals surface area contributed by atoms with Crippen molar-refractivity contribution in [3.63, 3.8) is 0 Å². The number of benzene rings is 1. The van der Waals surface area contributed by atoms with Crippen LogP contribution in [-0.4, -0.2) is 68.5 Å². The molecule has 0 aliphatic carbocycles. The Labute approximate surface area is 150 Å². The van der Waals surface area contributed by atoms with Crippen molar-refractivity contribution >= 4 is 0 Å². The van der Waals surface area contributed by atoms with Crippen molar-refractivity contribution in [3.8, 4) is 0 Å². The van der Waals surface area contributed by atoms with Gasteiger partial charge in [-0.05, 0) is 32.0 Å². The first-order valence-electron chi connectivity index (χ1n) is 9.17. The van der Waals surface area contributed by atoms with Crippen LogP contribution in [0.3, 0.4) is 0 Å². The fourth-order valence-electron chi connectivity index (χ4n) is 3.70. The lowest BCUT2D eigenvalue weighted by Crippen LogP contribution is -2.47. The normalized spacial score (nSPS) is 20.0. The Balaban J connectivity index is 1.48. The molecule has 6 heteroatoms. The minimum Gasteiger partial charge on any atom is -0.390 e. The van der Waals surface area contributed by atoms with E-state index in [1.807, 2.05) is 10.7 Å². The molecular formula is C19H29N5O. The molecule has 2 heterocycles. The molecule has 2 atom stereocenters. The second kappa shape index (κ2) is 9.08. The minimum atomic E-state index is -0.343. The molecule has 1 aliphatic rings. The second-order valence-corrected chi connectivity index (χ2v) is 7.10. The van der Waals surface area contributed by atoms with Crippen LogP contribution in [0.15, 0.2) is 43.0 Å². The van der Waals surface area contributed by atoms with E-state index in [-0.39, 0.29) is 6.10 Å². The van der Waals surface area contributed by atoms with Gasteiger partial charge in [-0.1, -0.05) is 36.8 Å². The molecule has 1 N–H and O–H groups in total. The van der Waals surface area contributed by atoms with Crippen molar-refractivity contribution in [2.75, 3.05) is 26.7 Å². The highest BCUT2D eigenvalue weighted by molar-refractivity contribution is 5.14. The molecule has 6 nitrogen and oxygen atoms in total. The number of hydrogen-bond acceptors (Lipinski definition) is 5. The molecule has 2 aromatic rings. The van der Waals surface area contributed by atoms with Crippen LogP contribution >= 0.6 is 0 Å². The van der Waals surface area contributed by atoms with Crippen LogP contribution in [0.2, 0.25) is 0 Å². The fraction of sp³-hybridized carbons (Fsp3) is 0.579. The zero-order chi connectivity index (χ0) is 17.5. The van der Waals surface area contributed by atoms with E-state index in [9.17, 15) is 5.11 Å². The van der Waals surface area contributed by atoms with Gasteiger partial charge in [-0.15, -0.1) is 0 Å². The van der Waals surface area contributed by atoms with Crippen molar-refractivity contribution < 1.29 is 5.11 Å². The molecule has 25 heavy (non-hydrogen) atoms. The number of nitrogens with zero attached hydrogens (tertiary/aromatic N) is 5. The van der Waals surface area contributed by atoms with Crippen LogP contribution in [0.4, 0.5) is 0 Å². The monoisotopic (exact) mass is 343 g/mol. The van der Waals surface area contributed by atoms with Crippen LogP contribution in [0.5, 0.6) is 0 Å². The Morgan fingerprint density at radius 2 is 2.12 bits per heavy atom. The summed E-state index contributed by atoms with van der Waals surface area (Å²) in [4.78, 5) is 8.64. The number of hydrogen-bond donors (Lipinski definition) is 1. The summed E-state index contributed by atoms with van der Waals surface area (Å²) < 4.78 is 1.90. The van der Waals surface area contributed by atoms with Gasteiger partial charge in [0, 0.05) is 25.7 Å². The second-order valence-electron chi connectivity index (χ2n) is 7.10. The highest BCUT2D eigenvalue weighted by Gasteiger charge is 2.25. The number of likely N-dealkylation sites (N-methyl/N-ethyl adjacent to an activating group) is 1. The first-order chi connectivity index (χ1) is 12.2. The average molecular weight is 343 g/mol. The van der Waals surface area contributed by atoms with Gasteiger partial charge in [-0.25, -0.2) is 4.98 Å². The third-order valence-corrected chi connectivity index (χ3v) is 4.88. The molecule has 1 fully saturated rings. The highest BCUT2D eigenvalue weighted by atomic mass is 16.3. The van der Waals surface area contributed by atoms with E-state index in [4.69, 9.17) is 0 Å². The third kappa shape index (κ3) is 5.63. The van der Waals surface area contributed by atoms with Gasteiger partial charge in [0.05, 0.1) is 12.6 Å². The lowest BCUT2D eigenvalue weighted by atomic mass is 10.0. The largest absolute Gasteiger partial charge is 0.390 e. The van der Waals surface area contributed by atoms with E-state index in [2.05, 4.69) is 51.2 Å². The lowest BCUT2D eigenvalue weighted by Gasteiger charge is -2.37. The number of aliphatic hydroxyl groups excluding tert-OH is 1. The molecule has 0 spiro atoms. The quantitative estimate of drug-likeness (QED) is 0.789. The number of likely N-dealkylation sites (tertiary alicyclic amines) is 1. The molecule has 1 aliphatic heterocycles. The maximum absolute atomic E-state index is 10.6. The van der Waals surface area contributed by atoms with Crippen molar-refractivity contribution in [3.05, 3.63) is 48.5 Å². The van der Waals surface area contributed by atoms with Crippen LogP contribution in [0.1, 0.15) is 24.8 Å². The van der Waals surface area contributed by atoms with E-state index in [0.29, 0.717) is 12.6 Å². The van der Waals surface area contributed by atoms with E-state index in [0.717, 1.165) is 32.6 Å². The van der Waals surface area contributed by atoms with Gasteiger partial charge < -0.3 is 5.11 Å². The summed E-state index contributed by atoms with van der Waals surface area (Å²) in [5, 5.41) is 14.8. The van der Waals surface area contributed by atoms with Crippen molar-refractivity contribution in [1.82, 2.24) is 24.6 Å². The topological polar surface area (TPSA) is 57.4 Å².